The number of nitrogens with zero attached hydrogens (tertiary/aromatic N) is 1. The van der Waals surface area contributed by atoms with Crippen molar-refractivity contribution in [2.45, 2.75) is 6.54 Å². The molecule has 0 unspecified atom stereocenters. The van der Waals surface area contributed by atoms with E-state index in [0.717, 1.165) is 11.3 Å². The van der Waals surface area contributed by atoms with Gasteiger partial charge in [-0.05, 0) is 29.8 Å². The summed E-state index contributed by atoms with van der Waals surface area (Å²) in [5.41, 5.74) is 2.13. The molecule has 2 aromatic carbocycles. The van der Waals surface area contributed by atoms with Crippen LogP contribution in [0.4, 0.5) is 10.1 Å². The van der Waals surface area contributed by atoms with E-state index < -0.39 is 5.82 Å². The lowest BCUT2D eigenvalue weighted by Gasteiger charge is -2.11. The van der Waals surface area contributed by atoms with E-state index in [4.69, 9.17) is 21.6 Å². The van der Waals surface area contributed by atoms with Crippen molar-refractivity contribution in [3.63, 3.8) is 0 Å². The molecular formula is C15H12ClFN2O. The van der Waals surface area contributed by atoms with Gasteiger partial charge in [0.25, 0.3) is 0 Å². The Balaban J connectivity index is 2.14. The summed E-state index contributed by atoms with van der Waals surface area (Å²) < 4.78 is 18.3. The Hall–Kier alpha value is -2.25. The minimum atomic E-state index is -0.439. The molecule has 0 saturated carbocycles. The van der Waals surface area contributed by atoms with Crippen LogP contribution in [0.1, 0.15) is 11.1 Å². The van der Waals surface area contributed by atoms with Crippen molar-refractivity contribution in [1.29, 1.82) is 5.26 Å². The summed E-state index contributed by atoms with van der Waals surface area (Å²) in [7, 11) is 1.54. The van der Waals surface area contributed by atoms with E-state index in [1.54, 1.807) is 30.3 Å². The van der Waals surface area contributed by atoms with E-state index in [-0.39, 0.29) is 5.02 Å². The molecule has 0 bridgehead atoms. The molecule has 0 heterocycles. The number of rotatable bonds is 4. The van der Waals surface area contributed by atoms with Gasteiger partial charge in [-0.2, -0.15) is 5.26 Å². The Morgan fingerprint density at radius 3 is 2.75 bits per heavy atom. The van der Waals surface area contributed by atoms with Gasteiger partial charge in [0.15, 0.2) is 0 Å². The van der Waals surface area contributed by atoms with Gasteiger partial charge in [0.05, 0.1) is 29.5 Å². The molecule has 0 atom stereocenters. The molecule has 5 heteroatoms. The summed E-state index contributed by atoms with van der Waals surface area (Å²) >= 11 is 5.73. The molecule has 2 rings (SSSR count). The van der Waals surface area contributed by atoms with Gasteiger partial charge < -0.3 is 10.1 Å². The predicted octanol–water partition coefficient (Wildman–Crippen LogP) is 3.97. The van der Waals surface area contributed by atoms with E-state index in [9.17, 15) is 4.39 Å². The summed E-state index contributed by atoms with van der Waals surface area (Å²) in [4.78, 5) is 0. The Morgan fingerprint density at radius 1 is 1.30 bits per heavy atom. The molecule has 0 fully saturated rings. The van der Waals surface area contributed by atoms with Gasteiger partial charge in [0.1, 0.15) is 11.6 Å². The van der Waals surface area contributed by atoms with E-state index in [2.05, 4.69) is 5.32 Å². The highest BCUT2D eigenvalue weighted by atomic mass is 35.5. The van der Waals surface area contributed by atoms with E-state index in [1.807, 2.05) is 6.07 Å². The topological polar surface area (TPSA) is 45.0 Å². The number of anilines is 1. The summed E-state index contributed by atoms with van der Waals surface area (Å²) in [6, 6.07) is 11.7. The van der Waals surface area contributed by atoms with Crippen LogP contribution < -0.4 is 10.1 Å². The number of nitriles is 1. The SMILES string of the molecule is COc1cc(C#N)ccc1NCc1ccc(F)c(Cl)c1. The summed E-state index contributed by atoms with van der Waals surface area (Å²) in [6.45, 7) is 0.474. The van der Waals surface area contributed by atoms with Gasteiger partial charge in [-0.25, -0.2) is 4.39 Å². The molecule has 0 radical (unpaired) electrons. The van der Waals surface area contributed by atoms with Gasteiger partial charge >= 0.3 is 0 Å². The quantitative estimate of drug-likeness (QED) is 0.926. The summed E-state index contributed by atoms with van der Waals surface area (Å²) in [6.07, 6.45) is 0. The Labute approximate surface area is 121 Å². The van der Waals surface area contributed by atoms with Gasteiger partial charge in [0, 0.05) is 12.6 Å². The monoisotopic (exact) mass is 290 g/mol. The van der Waals surface area contributed by atoms with Crippen molar-refractivity contribution in [3.05, 3.63) is 58.4 Å². The molecule has 3 nitrogen and oxygen atoms in total. The minimum absolute atomic E-state index is 0.0936. The smallest absolute Gasteiger partial charge is 0.143 e. The van der Waals surface area contributed by atoms with Crippen LogP contribution in [0.2, 0.25) is 5.02 Å². The maximum atomic E-state index is 13.1. The zero-order valence-electron chi connectivity index (χ0n) is 10.8. The number of hydrogen-bond acceptors (Lipinski definition) is 3. The van der Waals surface area contributed by atoms with Crippen molar-refractivity contribution in [1.82, 2.24) is 0 Å². The molecule has 1 N–H and O–H groups in total. The normalized spacial score (nSPS) is 9.90. The lowest BCUT2D eigenvalue weighted by Crippen LogP contribution is -2.02. The standard InChI is InChI=1S/C15H12ClFN2O/c1-20-15-7-10(8-18)3-5-14(15)19-9-11-2-4-13(17)12(16)6-11/h2-7,19H,9H2,1H3. The average molecular weight is 291 g/mol. The van der Waals surface area contributed by atoms with E-state index in [1.165, 1.54) is 13.2 Å². The number of halogens is 2. The number of hydrogen-bond donors (Lipinski definition) is 1. The number of ether oxygens (including phenoxy) is 1. The Kier molecular flexibility index (Phi) is 4.44. The van der Waals surface area contributed by atoms with Crippen molar-refractivity contribution in [3.8, 4) is 11.8 Å². The fourth-order valence-electron chi connectivity index (χ4n) is 1.75. The second kappa shape index (κ2) is 6.27. The van der Waals surface area contributed by atoms with Crippen LogP contribution in [0, 0.1) is 17.1 Å². The first-order valence-corrected chi connectivity index (χ1v) is 6.28. The average Bonchev–Trinajstić information content (AvgIpc) is 2.48. The third-order valence-electron chi connectivity index (χ3n) is 2.80. The Morgan fingerprint density at radius 2 is 2.10 bits per heavy atom. The van der Waals surface area contributed by atoms with E-state index in [0.29, 0.717) is 17.9 Å². The van der Waals surface area contributed by atoms with Gasteiger partial charge in [-0.15, -0.1) is 0 Å². The van der Waals surface area contributed by atoms with Crippen LogP contribution in [0.15, 0.2) is 36.4 Å². The maximum Gasteiger partial charge on any atom is 0.143 e. The molecule has 0 aliphatic carbocycles. The third kappa shape index (κ3) is 3.19. The molecule has 0 aliphatic heterocycles. The van der Waals surface area contributed by atoms with Crippen molar-refractivity contribution < 1.29 is 9.13 Å². The molecule has 2 aromatic rings. The van der Waals surface area contributed by atoms with Gasteiger partial charge in [-0.3, -0.25) is 0 Å². The van der Waals surface area contributed by atoms with Crippen LogP contribution in [-0.4, -0.2) is 7.11 Å². The van der Waals surface area contributed by atoms with Crippen LogP contribution in [0.5, 0.6) is 5.75 Å². The molecule has 0 aromatic heterocycles. The predicted molar refractivity (Wildman–Crippen MR) is 76.4 cm³/mol. The molecule has 20 heavy (non-hydrogen) atoms. The number of nitrogens with one attached hydrogen (secondary N) is 1. The lowest BCUT2D eigenvalue weighted by atomic mass is 10.2. The highest BCUT2D eigenvalue weighted by Gasteiger charge is 2.05. The van der Waals surface area contributed by atoms with Crippen LogP contribution in [0.3, 0.4) is 0 Å². The van der Waals surface area contributed by atoms with Gasteiger partial charge in [0.2, 0.25) is 0 Å². The Bertz CT molecular complexity index is 667. The summed E-state index contributed by atoms with van der Waals surface area (Å²) in [5.74, 6) is 0.142. The second-order valence-electron chi connectivity index (χ2n) is 4.13. The van der Waals surface area contributed by atoms with Crippen LogP contribution in [-0.2, 0) is 6.54 Å². The number of methoxy groups -OCH3 is 1. The van der Waals surface area contributed by atoms with Crippen LogP contribution >= 0.6 is 11.6 Å². The van der Waals surface area contributed by atoms with Crippen molar-refractivity contribution in [2.75, 3.05) is 12.4 Å². The lowest BCUT2D eigenvalue weighted by molar-refractivity contribution is 0.416. The highest BCUT2D eigenvalue weighted by Crippen LogP contribution is 2.26. The zero-order valence-corrected chi connectivity index (χ0v) is 11.5. The van der Waals surface area contributed by atoms with E-state index >= 15 is 0 Å². The van der Waals surface area contributed by atoms with Crippen LogP contribution in [0.25, 0.3) is 0 Å². The second-order valence-corrected chi connectivity index (χ2v) is 4.54. The molecule has 0 saturated heterocycles. The minimum Gasteiger partial charge on any atom is -0.495 e. The number of benzene rings is 2. The third-order valence-corrected chi connectivity index (χ3v) is 3.09. The first kappa shape index (κ1) is 14.2. The largest absolute Gasteiger partial charge is 0.495 e. The van der Waals surface area contributed by atoms with Gasteiger partial charge in [-0.1, -0.05) is 17.7 Å². The first-order chi connectivity index (χ1) is 9.63. The van der Waals surface area contributed by atoms with Crippen molar-refractivity contribution in [2.24, 2.45) is 0 Å². The maximum absolute atomic E-state index is 13.1. The molecular weight excluding hydrogens is 279 g/mol. The molecule has 0 amide bonds. The fourth-order valence-corrected chi connectivity index (χ4v) is 1.96. The molecule has 0 spiro atoms. The van der Waals surface area contributed by atoms with Crippen molar-refractivity contribution >= 4 is 17.3 Å². The molecule has 102 valence electrons. The zero-order chi connectivity index (χ0) is 14.5. The first-order valence-electron chi connectivity index (χ1n) is 5.90. The molecule has 0 aliphatic rings. The fraction of sp³-hybridized carbons (Fsp3) is 0.133. The highest BCUT2D eigenvalue weighted by molar-refractivity contribution is 6.30. The summed E-state index contributed by atoms with van der Waals surface area (Å²) in [5, 5.41) is 12.1.